The third-order valence-corrected chi connectivity index (χ3v) is 5.31. The van der Waals surface area contributed by atoms with Crippen LogP contribution >= 0.6 is 15.9 Å². The molecule has 1 aliphatic rings. The zero-order valence-electron chi connectivity index (χ0n) is 13.4. The standard InChI is InChI=1S/C18H29BrN2/c1-3-10-20-18(12-17-9-8-16(19)13-21-17)15-7-5-6-14(4-2)11-15/h8-9,13-15,18,20H,3-7,10-12H2,1-2H3. The second-order valence-electron chi connectivity index (χ2n) is 6.43. The van der Waals surface area contributed by atoms with Crippen molar-refractivity contribution < 1.29 is 0 Å². The van der Waals surface area contributed by atoms with Gasteiger partial charge in [-0.25, -0.2) is 0 Å². The Morgan fingerprint density at radius 2 is 2.19 bits per heavy atom. The van der Waals surface area contributed by atoms with Crippen molar-refractivity contribution in [2.75, 3.05) is 6.54 Å². The molecule has 1 heterocycles. The van der Waals surface area contributed by atoms with Gasteiger partial charge in [-0.05, 0) is 65.7 Å². The van der Waals surface area contributed by atoms with Crippen molar-refractivity contribution in [3.63, 3.8) is 0 Å². The molecule has 0 aliphatic heterocycles. The number of halogens is 1. The number of aromatic nitrogens is 1. The van der Waals surface area contributed by atoms with Crippen molar-refractivity contribution in [1.82, 2.24) is 10.3 Å². The Labute approximate surface area is 138 Å². The lowest BCUT2D eigenvalue weighted by Crippen LogP contribution is -2.40. The van der Waals surface area contributed by atoms with E-state index in [1.54, 1.807) is 0 Å². The topological polar surface area (TPSA) is 24.9 Å². The van der Waals surface area contributed by atoms with Gasteiger partial charge in [0, 0.05) is 28.8 Å². The second kappa shape index (κ2) is 8.89. The maximum absolute atomic E-state index is 4.57. The van der Waals surface area contributed by atoms with Gasteiger partial charge in [0.15, 0.2) is 0 Å². The minimum absolute atomic E-state index is 0.591. The highest BCUT2D eigenvalue weighted by atomic mass is 79.9. The van der Waals surface area contributed by atoms with Crippen LogP contribution in [0.1, 0.15) is 58.1 Å². The Morgan fingerprint density at radius 3 is 2.86 bits per heavy atom. The number of pyridine rings is 1. The quantitative estimate of drug-likeness (QED) is 0.748. The van der Waals surface area contributed by atoms with Crippen LogP contribution in [0.25, 0.3) is 0 Å². The number of rotatable bonds is 7. The highest BCUT2D eigenvalue weighted by molar-refractivity contribution is 9.10. The summed E-state index contributed by atoms with van der Waals surface area (Å²) in [5, 5.41) is 3.80. The van der Waals surface area contributed by atoms with Gasteiger partial charge in [0.1, 0.15) is 0 Å². The molecule has 0 aromatic carbocycles. The number of hydrogen-bond acceptors (Lipinski definition) is 2. The predicted molar refractivity (Wildman–Crippen MR) is 93.5 cm³/mol. The summed E-state index contributed by atoms with van der Waals surface area (Å²) in [6.07, 6.45) is 11.1. The molecule has 0 spiro atoms. The number of nitrogens with zero attached hydrogens (tertiary/aromatic N) is 1. The lowest BCUT2D eigenvalue weighted by molar-refractivity contribution is 0.206. The molecule has 1 saturated carbocycles. The largest absolute Gasteiger partial charge is 0.313 e. The molecular weight excluding hydrogens is 324 g/mol. The summed E-state index contributed by atoms with van der Waals surface area (Å²) >= 11 is 3.47. The lowest BCUT2D eigenvalue weighted by Gasteiger charge is -2.35. The molecule has 0 bridgehead atoms. The highest BCUT2D eigenvalue weighted by Crippen LogP contribution is 2.33. The monoisotopic (exact) mass is 352 g/mol. The fourth-order valence-corrected chi connectivity index (χ4v) is 3.79. The van der Waals surface area contributed by atoms with Crippen LogP contribution in [0.4, 0.5) is 0 Å². The lowest BCUT2D eigenvalue weighted by atomic mass is 9.76. The Bertz CT molecular complexity index is 404. The summed E-state index contributed by atoms with van der Waals surface area (Å²) in [7, 11) is 0. The van der Waals surface area contributed by atoms with Crippen LogP contribution in [0.5, 0.6) is 0 Å². The average molecular weight is 353 g/mol. The van der Waals surface area contributed by atoms with Crippen LogP contribution < -0.4 is 5.32 Å². The first-order valence-electron chi connectivity index (χ1n) is 8.56. The van der Waals surface area contributed by atoms with Gasteiger partial charge < -0.3 is 5.32 Å². The van der Waals surface area contributed by atoms with Gasteiger partial charge >= 0.3 is 0 Å². The molecule has 3 heteroatoms. The normalized spacial score (nSPS) is 24.0. The minimum Gasteiger partial charge on any atom is -0.313 e. The summed E-state index contributed by atoms with van der Waals surface area (Å²) < 4.78 is 1.06. The van der Waals surface area contributed by atoms with E-state index in [1.807, 2.05) is 6.20 Å². The maximum Gasteiger partial charge on any atom is 0.0420 e. The van der Waals surface area contributed by atoms with Gasteiger partial charge in [0.25, 0.3) is 0 Å². The fraction of sp³-hybridized carbons (Fsp3) is 0.722. The number of nitrogens with one attached hydrogen (secondary N) is 1. The molecule has 1 aliphatic carbocycles. The first-order chi connectivity index (χ1) is 10.2. The molecule has 3 atom stereocenters. The summed E-state index contributed by atoms with van der Waals surface area (Å²) in [5.41, 5.74) is 1.21. The van der Waals surface area contributed by atoms with E-state index in [-0.39, 0.29) is 0 Å². The molecule has 2 rings (SSSR count). The summed E-state index contributed by atoms with van der Waals surface area (Å²) in [4.78, 5) is 4.57. The predicted octanol–water partition coefficient (Wildman–Crippen LogP) is 4.97. The van der Waals surface area contributed by atoms with Crippen molar-refractivity contribution >= 4 is 15.9 Å². The molecule has 0 radical (unpaired) electrons. The van der Waals surface area contributed by atoms with Crippen LogP contribution in [0, 0.1) is 11.8 Å². The molecule has 1 fully saturated rings. The number of hydrogen-bond donors (Lipinski definition) is 1. The molecule has 3 unspecified atom stereocenters. The second-order valence-corrected chi connectivity index (χ2v) is 7.35. The van der Waals surface area contributed by atoms with E-state index >= 15 is 0 Å². The molecule has 1 N–H and O–H groups in total. The Hall–Kier alpha value is -0.410. The molecule has 0 amide bonds. The van der Waals surface area contributed by atoms with Crippen LogP contribution in [0.2, 0.25) is 0 Å². The van der Waals surface area contributed by atoms with Gasteiger partial charge in [0.2, 0.25) is 0 Å². The Balaban J connectivity index is 2.00. The van der Waals surface area contributed by atoms with Gasteiger partial charge in [-0.3, -0.25) is 4.98 Å². The smallest absolute Gasteiger partial charge is 0.0420 e. The van der Waals surface area contributed by atoms with Gasteiger partial charge in [-0.1, -0.05) is 33.1 Å². The zero-order chi connectivity index (χ0) is 15.1. The van der Waals surface area contributed by atoms with Gasteiger partial charge in [-0.2, -0.15) is 0 Å². The van der Waals surface area contributed by atoms with Crippen LogP contribution in [0.15, 0.2) is 22.8 Å². The molecule has 1 aromatic heterocycles. The molecule has 1 aromatic rings. The molecule has 0 saturated heterocycles. The van der Waals surface area contributed by atoms with Crippen molar-refractivity contribution in [2.24, 2.45) is 11.8 Å². The maximum atomic E-state index is 4.57. The zero-order valence-corrected chi connectivity index (χ0v) is 15.0. The van der Waals surface area contributed by atoms with Crippen molar-refractivity contribution in [2.45, 2.75) is 64.8 Å². The van der Waals surface area contributed by atoms with E-state index in [0.717, 1.165) is 29.3 Å². The van der Waals surface area contributed by atoms with E-state index < -0.39 is 0 Å². The summed E-state index contributed by atoms with van der Waals surface area (Å²) in [5.74, 6) is 1.76. The van der Waals surface area contributed by atoms with E-state index in [4.69, 9.17) is 0 Å². The Morgan fingerprint density at radius 1 is 1.33 bits per heavy atom. The minimum atomic E-state index is 0.591. The van der Waals surface area contributed by atoms with Crippen LogP contribution in [-0.4, -0.2) is 17.6 Å². The van der Waals surface area contributed by atoms with Gasteiger partial charge in [0.05, 0.1) is 0 Å². The van der Waals surface area contributed by atoms with Crippen LogP contribution in [-0.2, 0) is 6.42 Å². The summed E-state index contributed by atoms with van der Waals surface area (Å²) in [6.45, 7) is 5.71. The Kier molecular flexibility index (Phi) is 7.18. The van der Waals surface area contributed by atoms with Crippen molar-refractivity contribution in [1.29, 1.82) is 0 Å². The molecule has 2 nitrogen and oxygen atoms in total. The molecule has 21 heavy (non-hydrogen) atoms. The van der Waals surface area contributed by atoms with Crippen LogP contribution in [0.3, 0.4) is 0 Å². The molecular formula is C18H29BrN2. The molecule has 118 valence electrons. The average Bonchev–Trinajstić information content (AvgIpc) is 2.53. The van der Waals surface area contributed by atoms with E-state index in [2.05, 4.69) is 52.2 Å². The third-order valence-electron chi connectivity index (χ3n) is 4.84. The first kappa shape index (κ1) is 17.0. The van der Waals surface area contributed by atoms with E-state index in [1.165, 1.54) is 44.2 Å². The summed E-state index contributed by atoms with van der Waals surface area (Å²) in [6, 6.07) is 4.85. The van der Waals surface area contributed by atoms with Crippen molar-refractivity contribution in [3.05, 3.63) is 28.5 Å². The fourth-order valence-electron chi connectivity index (χ4n) is 3.56. The van der Waals surface area contributed by atoms with Gasteiger partial charge in [-0.15, -0.1) is 0 Å². The van der Waals surface area contributed by atoms with Crippen molar-refractivity contribution in [3.8, 4) is 0 Å². The van der Waals surface area contributed by atoms with E-state index in [9.17, 15) is 0 Å². The highest BCUT2D eigenvalue weighted by Gasteiger charge is 2.27. The van der Waals surface area contributed by atoms with E-state index in [0.29, 0.717) is 6.04 Å². The first-order valence-corrected chi connectivity index (χ1v) is 9.36. The third kappa shape index (κ3) is 5.37. The SMILES string of the molecule is CCCNC(Cc1ccc(Br)cn1)C1CCCC(CC)C1.